The smallest absolute Gasteiger partial charge is 0.326 e. The number of halogens is 1. The minimum Gasteiger partial charge on any atom is -0.468 e. The highest BCUT2D eigenvalue weighted by Crippen LogP contribution is 2.39. The average Bonchev–Trinajstić information content (AvgIpc) is 3.20. The molecule has 4 nitrogen and oxygen atoms in total. The largest absolute Gasteiger partial charge is 0.468 e. The molecule has 1 heterocycles. The number of hydrogen-bond donors (Lipinski definition) is 1. The first-order valence-corrected chi connectivity index (χ1v) is 13.4. The van der Waals surface area contributed by atoms with Gasteiger partial charge in [0, 0.05) is 18.8 Å². The number of nitrogens with one attached hydrogen (secondary N) is 1. The molecule has 3 rings (SSSR count). The van der Waals surface area contributed by atoms with Gasteiger partial charge in [-0.2, -0.15) is 0 Å². The second-order valence-corrected chi connectivity index (χ2v) is 14.0. The summed E-state index contributed by atoms with van der Waals surface area (Å²) in [6, 6.07) is 21.2. The summed E-state index contributed by atoms with van der Waals surface area (Å²) in [5, 5.41) is 5.82. The van der Waals surface area contributed by atoms with Crippen molar-refractivity contribution in [2.45, 2.75) is 56.7 Å². The van der Waals surface area contributed by atoms with Gasteiger partial charge in [0.25, 0.3) is 8.32 Å². The Bertz CT molecular complexity index is 817. The lowest BCUT2D eigenvalue weighted by atomic mass is 9.91. The first kappa shape index (κ1) is 24.0. The Morgan fingerprint density at radius 3 is 2.10 bits per heavy atom. The summed E-state index contributed by atoms with van der Waals surface area (Å²) < 4.78 is 12.4. The number of carbonyl (C=O) groups is 1. The summed E-state index contributed by atoms with van der Waals surface area (Å²) in [4.78, 5) is 12.7. The van der Waals surface area contributed by atoms with Crippen LogP contribution in [-0.2, 0) is 14.0 Å². The summed E-state index contributed by atoms with van der Waals surface area (Å²) in [5.41, 5.74) is -0.736. The van der Waals surface area contributed by atoms with Crippen molar-refractivity contribution in [3.63, 3.8) is 0 Å². The average molecular weight is 460 g/mol. The van der Waals surface area contributed by atoms with Gasteiger partial charge in [-0.3, -0.25) is 10.1 Å². The SMILES string of the molecule is COC(=O)C1(CCCCl)C[C@H](O[Si](c2ccccc2)(c2ccccc2)C(C)(C)C)CN1. The van der Waals surface area contributed by atoms with Gasteiger partial charge in [-0.15, -0.1) is 11.6 Å². The molecular formula is C25H34ClNO3Si. The Balaban J connectivity index is 2.03. The summed E-state index contributed by atoms with van der Waals surface area (Å²) in [7, 11) is -1.22. The van der Waals surface area contributed by atoms with Crippen molar-refractivity contribution in [2.24, 2.45) is 0 Å². The molecule has 2 atom stereocenters. The normalized spacial score (nSPS) is 21.8. The van der Waals surface area contributed by atoms with Crippen LogP contribution in [0.5, 0.6) is 0 Å². The third-order valence-electron chi connectivity index (χ3n) is 6.32. The van der Waals surface area contributed by atoms with E-state index < -0.39 is 13.9 Å². The molecule has 0 aromatic heterocycles. The quantitative estimate of drug-likeness (QED) is 0.370. The summed E-state index contributed by atoms with van der Waals surface area (Å²) >= 11 is 5.95. The zero-order valence-electron chi connectivity index (χ0n) is 19.0. The molecule has 2 aromatic rings. The third-order valence-corrected chi connectivity index (χ3v) is 11.7. The fourth-order valence-electron chi connectivity index (χ4n) is 4.88. The van der Waals surface area contributed by atoms with E-state index in [4.69, 9.17) is 20.8 Å². The van der Waals surface area contributed by atoms with Crippen LogP contribution in [0.1, 0.15) is 40.0 Å². The maximum Gasteiger partial charge on any atom is 0.326 e. The maximum atomic E-state index is 12.7. The van der Waals surface area contributed by atoms with E-state index in [9.17, 15) is 4.79 Å². The molecule has 1 aliphatic heterocycles. The van der Waals surface area contributed by atoms with Crippen molar-refractivity contribution in [3.8, 4) is 0 Å². The van der Waals surface area contributed by atoms with Gasteiger partial charge in [0.1, 0.15) is 5.54 Å². The third kappa shape index (κ3) is 4.75. The molecule has 1 fully saturated rings. The number of esters is 1. The number of hydrogen-bond acceptors (Lipinski definition) is 4. The van der Waals surface area contributed by atoms with Crippen molar-refractivity contribution in [1.82, 2.24) is 5.32 Å². The molecule has 0 saturated carbocycles. The Hall–Kier alpha value is -1.66. The van der Waals surface area contributed by atoms with Crippen LogP contribution in [0.25, 0.3) is 0 Å². The van der Waals surface area contributed by atoms with E-state index in [1.54, 1.807) is 0 Å². The minimum absolute atomic E-state index is 0.0965. The van der Waals surface area contributed by atoms with Gasteiger partial charge in [-0.25, -0.2) is 0 Å². The zero-order valence-corrected chi connectivity index (χ0v) is 20.7. The van der Waals surface area contributed by atoms with Gasteiger partial charge >= 0.3 is 5.97 Å². The van der Waals surface area contributed by atoms with Crippen molar-refractivity contribution in [2.75, 3.05) is 19.5 Å². The first-order chi connectivity index (χ1) is 14.8. The number of methoxy groups -OCH3 is 1. The fourth-order valence-corrected chi connectivity index (χ4v) is 9.69. The van der Waals surface area contributed by atoms with Crippen LogP contribution in [0.15, 0.2) is 60.7 Å². The van der Waals surface area contributed by atoms with E-state index in [2.05, 4.69) is 74.6 Å². The van der Waals surface area contributed by atoms with Crippen LogP contribution in [0.3, 0.4) is 0 Å². The number of benzene rings is 2. The van der Waals surface area contributed by atoms with Gasteiger partial charge in [-0.1, -0.05) is 81.4 Å². The fraction of sp³-hybridized carbons (Fsp3) is 0.480. The molecule has 0 amide bonds. The lowest BCUT2D eigenvalue weighted by molar-refractivity contribution is -0.148. The second kappa shape index (κ2) is 9.86. The number of rotatable bonds is 8. The Morgan fingerprint density at radius 1 is 1.10 bits per heavy atom. The van der Waals surface area contributed by atoms with Gasteiger partial charge < -0.3 is 9.16 Å². The van der Waals surface area contributed by atoms with Crippen LogP contribution >= 0.6 is 11.6 Å². The highest BCUT2D eigenvalue weighted by atomic mass is 35.5. The standard InChI is InChI=1S/C25H34ClNO3Si/c1-24(2,3)31(21-12-7-5-8-13-21,22-14-9-6-10-15-22)30-20-18-25(27-19-20,16-11-17-26)23(28)29-4/h5-10,12-15,20,27H,11,16-19H2,1-4H3/t20-,25?/m0/s1. The number of ether oxygens (including phenoxy) is 1. The van der Waals surface area contributed by atoms with Gasteiger partial charge in [0.2, 0.25) is 0 Å². The van der Waals surface area contributed by atoms with Crippen LogP contribution in [-0.4, -0.2) is 45.5 Å². The summed E-state index contributed by atoms with van der Waals surface area (Å²) in [6.45, 7) is 7.41. The van der Waals surface area contributed by atoms with Gasteiger partial charge in [-0.05, 0) is 28.3 Å². The number of alkyl halides is 1. The van der Waals surface area contributed by atoms with Crippen LogP contribution in [0.4, 0.5) is 0 Å². The monoisotopic (exact) mass is 459 g/mol. The van der Waals surface area contributed by atoms with Crippen LogP contribution < -0.4 is 15.7 Å². The van der Waals surface area contributed by atoms with Crippen LogP contribution in [0, 0.1) is 0 Å². The molecule has 0 spiro atoms. The lowest BCUT2D eigenvalue weighted by Crippen LogP contribution is -2.67. The topological polar surface area (TPSA) is 47.6 Å². The van der Waals surface area contributed by atoms with Gasteiger partial charge in [0.05, 0.1) is 13.2 Å². The Kier molecular flexibility index (Phi) is 7.63. The predicted molar refractivity (Wildman–Crippen MR) is 130 cm³/mol. The Morgan fingerprint density at radius 2 is 1.65 bits per heavy atom. The van der Waals surface area contributed by atoms with E-state index in [1.165, 1.54) is 17.5 Å². The summed E-state index contributed by atoms with van der Waals surface area (Å²) in [6.07, 6.45) is 1.88. The molecule has 1 unspecified atom stereocenters. The van der Waals surface area contributed by atoms with E-state index in [0.717, 1.165) is 6.42 Å². The molecule has 1 N–H and O–H groups in total. The Labute approximate surface area is 192 Å². The summed E-state index contributed by atoms with van der Waals surface area (Å²) in [5.74, 6) is 0.284. The maximum absolute atomic E-state index is 12.7. The van der Waals surface area contributed by atoms with Crippen molar-refractivity contribution in [3.05, 3.63) is 60.7 Å². The predicted octanol–water partition coefficient (Wildman–Crippen LogP) is 3.86. The number of carbonyl (C=O) groups excluding carboxylic acids is 1. The van der Waals surface area contributed by atoms with Crippen molar-refractivity contribution >= 4 is 36.3 Å². The molecule has 31 heavy (non-hydrogen) atoms. The molecule has 0 bridgehead atoms. The van der Waals surface area contributed by atoms with Crippen LogP contribution in [0.2, 0.25) is 5.04 Å². The van der Waals surface area contributed by atoms with Gasteiger partial charge in [0.15, 0.2) is 0 Å². The highest BCUT2D eigenvalue weighted by molar-refractivity contribution is 6.99. The molecule has 1 aliphatic rings. The molecule has 2 aromatic carbocycles. The van der Waals surface area contributed by atoms with E-state index in [-0.39, 0.29) is 17.1 Å². The first-order valence-electron chi connectivity index (χ1n) is 11.0. The molecule has 6 heteroatoms. The second-order valence-electron chi connectivity index (χ2n) is 9.35. The molecule has 168 valence electrons. The minimum atomic E-state index is -2.67. The molecular weight excluding hydrogens is 426 g/mol. The molecule has 0 aliphatic carbocycles. The van der Waals surface area contributed by atoms with E-state index >= 15 is 0 Å². The highest BCUT2D eigenvalue weighted by Gasteiger charge is 2.54. The lowest BCUT2D eigenvalue weighted by Gasteiger charge is -2.44. The molecule has 0 radical (unpaired) electrons. The zero-order chi connectivity index (χ0) is 22.5. The van der Waals surface area contributed by atoms with Crippen molar-refractivity contribution < 1.29 is 14.0 Å². The van der Waals surface area contributed by atoms with Crippen molar-refractivity contribution in [1.29, 1.82) is 0 Å². The van der Waals surface area contributed by atoms with E-state index in [1.807, 2.05) is 12.1 Å². The molecule has 1 saturated heterocycles. The van der Waals surface area contributed by atoms with E-state index in [0.29, 0.717) is 25.3 Å².